The number of H-pyrrole nitrogens is 1. The molecule has 4 aromatic rings. The van der Waals surface area contributed by atoms with E-state index in [9.17, 15) is 4.79 Å². The van der Waals surface area contributed by atoms with E-state index in [2.05, 4.69) is 28.5 Å². The van der Waals surface area contributed by atoms with Gasteiger partial charge in [-0.15, -0.1) is 0 Å². The van der Waals surface area contributed by atoms with Crippen molar-refractivity contribution >= 4 is 34.0 Å². The Kier molecular flexibility index (Phi) is 5.23. The molecule has 142 valence electrons. The summed E-state index contributed by atoms with van der Waals surface area (Å²) in [5, 5.41) is 14.2. The first kappa shape index (κ1) is 18.0. The van der Waals surface area contributed by atoms with Crippen LogP contribution < -0.4 is 10.8 Å². The van der Waals surface area contributed by atoms with Crippen LogP contribution in [0, 0.1) is 0 Å². The lowest BCUT2D eigenvalue weighted by Gasteiger charge is -2.06. The second-order valence-electron chi connectivity index (χ2n) is 6.65. The highest BCUT2D eigenvalue weighted by Crippen LogP contribution is 2.26. The molecule has 0 atom stereocenters. The van der Waals surface area contributed by atoms with Crippen LogP contribution in [0.4, 0.5) is 0 Å². The normalized spacial score (nSPS) is 11.6. The molecule has 0 aliphatic heterocycles. The van der Waals surface area contributed by atoms with Crippen molar-refractivity contribution in [2.24, 2.45) is 0 Å². The number of fused-ring (bicyclic) bond motifs is 3. The van der Waals surface area contributed by atoms with E-state index in [4.69, 9.17) is 9.62 Å². The van der Waals surface area contributed by atoms with E-state index in [-0.39, 0.29) is 0 Å². The van der Waals surface area contributed by atoms with Crippen molar-refractivity contribution in [3.8, 4) is 0 Å². The van der Waals surface area contributed by atoms with Gasteiger partial charge in [-0.3, -0.25) is 10.0 Å². The van der Waals surface area contributed by atoms with E-state index in [1.54, 1.807) is 17.8 Å². The molecule has 0 aliphatic rings. The van der Waals surface area contributed by atoms with Gasteiger partial charge in [0.2, 0.25) is 5.71 Å². The Labute approximate surface area is 161 Å². The highest BCUT2D eigenvalue weighted by molar-refractivity contribution is 6.05. The molecule has 4 N–H and O–H groups in total. The molecule has 4 rings (SSSR count). The largest absolute Gasteiger partial charge is 0.448 e. The van der Waals surface area contributed by atoms with Crippen molar-refractivity contribution in [1.82, 2.24) is 15.8 Å². The van der Waals surface area contributed by atoms with E-state index in [0.717, 1.165) is 41.7 Å². The molecule has 0 fully saturated rings. The molecule has 0 bridgehead atoms. The average molecular weight is 375 g/mol. The standard InChI is InChI=1S/C22H21N3O3/c26-21(25-27)8-6-15-1-3-17(4-2-15)14-23-11-9-16-5-7-20-19(13-16)18-10-12-28-22(18)24-20/h1-8,10,12-13,23-24,27H,9,11,14H2,(H,25,26)/b8-6+. The van der Waals surface area contributed by atoms with Gasteiger partial charge in [0, 0.05) is 28.9 Å². The Morgan fingerprint density at radius 1 is 1.07 bits per heavy atom. The van der Waals surface area contributed by atoms with Gasteiger partial charge in [-0.25, -0.2) is 5.48 Å². The minimum absolute atomic E-state index is 0.544. The number of aromatic amines is 1. The van der Waals surface area contributed by atoms with Crippen molar-refractivity contribution in [1.29, 1.82) is 0 Å². The zero-order valence-electron chi connectivity index (χ0n) is 15.2. The summed E-state index contributed by atoms with van der Waals surface area (Å²) in [6.45, 7) is 1.66. The first-order chi connectivity index (χ1) is 13.7. The molecular weight excluding hydrogens is 354 g/mol. The van der Waals surface area contributed by atoms with Crippen molar-refractivity contribution < 1.29 is 14.4 Å². The van der Waals surface area contributed by atoms with Crippen LogP contribution in [-0.4, -0.2) is 22.6 Å². The van der Waals surface area contributed by atoms with Crippen molar-refractivity contribution in [2.45, 2.75) is 13.0 Å². The van der Waals surface area contributed by atoms with Gasteiger partial charge in [-0.1, -0.05) is 30.3 Å². The van der Waals surface area contributed by atoms with E-state index < -0.39 is 5.91 Å². The molecule has 0 saturated carbocycles. The zero-order chi connectivity index (χ0) is 19.3. The highest BCUT2D eigenvalue weighted by Gasteiger charge is 2.07. The van der Waals surface area contributed by atoms with Gasteiger partial charge >= 0.3 is 0 Å². The van der Waals surface area contributed by atoms with E-state index in [1.807, 2.05) is 30.3 Å². The lowest BCUT2D eigenvalue weighted by Crippen LogP contribution is -2.16. The molecule has 2 aromatic heterocycles. The number of rotatable bonds is 7. The second kappa shape index (κ2) is 8.12. The summed E-state index contributed by atoms with van der Waals surface area (Å²) >= 11 is 0. The molecule has 6 nitrogen and oxygen atoms in total. The Balaban J connectivity index is 1.30. The fraction of sp³-hybridized carbons (Fsp3) is 0.136. The van der Waals surface area contributed by atoms with Crippen molar-refractivity contribution in [2.75, 3.05) is 6.54 Å². The maximum atomic E-state index is 11.0. The third-order valence-corrected chi connectivity index (χ3v) is 4.72. The van der Waals surface area contributed by atoms with Crippen LogP contribution >= 0.6 is 0 Å². The fourth-order valence-corrected chi connectivity index (χ4v) is 3.24. The molecule has 0 unspecified atom stereocenters. The average Bonchev–Trinajstić information content (AvgIpc) is 3.31. The predicted molar refractivity (Wildman–Crippen MR) is 109 cm³/mol. The molecule has 2 aromatic carbocycles. The first-order valence-corrected chi connectivity index (χ1v) is 9.12. The molecule has 0 radical (unpaired) electrons. The number of hydrogen-bond donors (Lipinski definition) is 4. The fourth-order valence-electron chi connectivity index (χ4n) is 3.24. The van der Waals surface area contributed by atoms with Crippen LogP contribution in [0.5, 0.6) is 0 Å². The van der Waals surface area contributed by atoms with E-state index >= 15 is 0 Å². The maximum absolute atomic E-state index is 11.0. The van der Waals surface area contributed by atoms with Crippen LogP contribution in [0.2, 0.25) is 0 Å². The van der Waals surface area contributed by atoms with Crippen molar-refractivity contribution in [3.63, 3.8) is 0 Å². The molecule has 28 heavy (non-hydrogen) atoms. The Morgan fingerprint density at radius 3 is 2.71 bits per heavy atom. The number of carbonyl (C=O) groups is 1. The van der Waals surface area contributed by atoms with Gasteiger partial charge in [0.15, 0.2) is 0 Å². The molecular formula is C22H21N3O3. The zero-order valence-corrected chi connectivity index (χ0v) is 15.2. The van der Waals surface area contributed by atoms with Crippen LogP contribution in [-0.2, 0) is 17.8 Å². The van der Waals surface area contributed by atoms with Gasteiger partial charge in [0.1, 0.15) is 0 Å². The summed E-state index contributed by atoms with van der Waals surface area (Å²) < 4.78 is 5.43. The number of benzene rings is 2. The lowest BCUT2D eigenvalue weighted by atomic mass is 10.1. The Morgan fingerprint density at radius 2 is 1.89 bits per heavy atom. The van der Waals surface area contributed by atoms with Crippen LogP contribution in [0.1, 0.15) is 16.7 Å². The molecule has 0 aliphatic carbocycles. The molecule has 0 saturated heterocycles. The van der Waals surface area contributed by atoms with Gasteiger partial charge < -0.3 is 14.7 Å². The van der Waals surface area contributed by atoms with Gasteiger partial charge in [-0.05, 0) is 53.9 Å². The lowest BCUT2D eigenvalue weighted by molar-refractivity contribution is -0.124. The Bertz CT molecular complexity index is 1120. The topological polar surface area (TPSA) is 90.3 Å². The van der Waals surface area contributed by atoms with E-state index in [0.29, 0.717) is 0 Å². The van der Waals surface area contributed by atoms with Crippen molar-refractivity contribution in [3.05, 3.63) is 77.6 Å². The summed E-state index contributed by atoms with van der Waals surface area (Å²) in [6, 6.07) is 16.4. The summed E-state index contributed by atoms with van der Waals surface area (Å²) in [7, 11) is 0. The third kappa shape index (κ3) is 3.98. The second-order valence-corrected chi connectivity index (χ2v) is 6.65. The van der Waals surface area contributed by atoms with Crippen LogP contribution in [0.25, 0.3) is 28.1 Å². The quantitative estimate of drug-likeness (QED) is 0.171. The summed E-state index contributed by atoms with van der Waals surface area (Å²) in [5.74, 6) is -0.544. The monoisotopic (exact) mass is 375 g/mol. The molecule has 6 heteroatoms. The highest BCUT2D eigenvalue weighted by atomic mass is 16.5. The van der Waals surface area contributed by atoms with Crippen LogP contribution in [0.3, 0.4) is 0 Å². The van der Waals surface area contributed by atoms with E-state index in [1.165, 1.54) is 22.6 Å². The number of aromatic nitrogens is 1. The number of hydrogen-bond acceptors (Lipinski definition) is 4. The minimum atomic E-state index is -0.544. The number of hydroxylamine groups is 1. The SMILES string of the molecule is O=C(/C=C/c1ccc(CNCCc2ccc3[nH]c4occc4c3c2)cc1)NO. The number of furan rings is 1. The summed E-state index contributed by atoms with van der Waals surface area (Å²) in [5.41, 5.74) is 6.84. The van der Waals surface area contributed by atoms with Gasteiger partial charge in [0.05, 0.1) is 6.26 Å². The number of carbonyl (C=O) groups excluding carboxylic acids is 1. The van der Waals surface area contributed by atoms with Gasteiger partial charge in [-0.2, -0.15) is 0 Å². The minimum Gasteiger partial charge on any atom is -0.448 e. The summed E-state index contributed by atoms with van der Waals surface area (Å²) in [4.78, 5) is 14.3. The van der Waals surface area contributed by atoms with Gasteiger partial charge in [0.25, 0.3) is 5.91 Å². The number of amides is 1. The molecule has 2 heterocycles. The Hall–Kier alpha value is -3.35. The maximum Gasteiger partial charge on any atom is 0.267 e. The predicted octanol–water partition coefficient (Wildman–Crippen LogP) is 3.77. The number of nitrogens with one attached hydrogen (secondary N) is 3. The molecule has 1 amide bonds. The first-order valence-electron chi connectivity index (χ1n) is 9.12. The smallest absolute Gasteiger partial charge is 0.267 e. The summed E-state index contributed by atoms with van der Waals surface area (Å²) in [6.07, 6.45) is 5.58. The molecule has 0 spiro atoms. The third-order valence-electron chi connectivity index (χ3n) is 4.72. The van der Waals surface area contributed by atoms with Crippen LogP contribution in [0.15, 0.2) is 65.3 Å².